The monoisotopic (exact) mass is 350 g/mol. The maximum absolute atomic E-state index is 13.2. The van der Waals surface area contributed by atoms with Gasteiger partial charge < -0.3 is 10.2 Å². The molecule has 0 aromatic heterocycles. The van der Waals surface area contributed by atoms with Crippen LogP contribution in [0.25, 0.3) is 0 Å². The summed E-state index contributed by atoms with van der Waals surface area (Å²) in [5.74, 6) is -1.42. The summed E-state index contributed by atoms with van der Waals surface area (Å²) in [6, 6.07) is 3.79. The van der Waals surface area contributed by atoms with E-state index in [1.54, 1.807) is 0 Å². The van der Waals surface area contributed by atoms with E-state index in [0.717, 1.165) is 0 Å². The summed E-state index contributed by atoms with van der Waals surface area (Å²) in [5.41, 5.74) is -1.55. The lowest BCUT2D eigenvalue weighted by Gasteiger charge is -2.36. The zero-order valence-corrected chi connectivity index (χ0v) is 12.8. The number of nitrogens with zero attached hydrogens (tertiary/aromatic N) is 1. The molecule has 2 fully saturated rings. The van der Waals surface area contributed by atoms with E-state index in [0.29, 0.717) is 12.1 Å². The quantitative estimate of drug-likeness (QED) is 0.830. The molecule has 1 aliphatic heterocycles. The lowest BCUT2D eigenvalue weighted by atomic mass is 10.0. The third-order valence-electron chi connectivity index (χ3n) is 4.51. The third kappa shape index (κ3) is 2.92. The molecule has 1 saturated carbocycles. The highest BCUT2D eigenvalue weighted by Gasteiger charge is 2.69. The van der Waals surface area contributed by atoms with Crippen molar-refractivity contribution in [2.75, 3.05) is 19.6 Å². The Labute approximate surface area is 135 Å². The molecule has 1 amide bonds. The van der Waals surface area contributed by atoms with Crippen LogP contribution in [0, 0.1) is 11.2 Å². The molecule has 1 aliphatic carbocycles. The number of carbonyl (C=O) groups is 1. The molecule has 1 N–H and O–H groups in total. The van der Waals surface area contributed by atoms with Crippen LogP contribution in [0.15, 0.2) is 18.2 Å². The summed E-state index contributed by atoms with van der Waals surface area (Å²) < 4.78 is 52.5. The summed E-state index contributed by atoms with van der Waals surface area (Å²) in [5, 5.41) is 3.07. The fourth-order valence-electron chi connectivity index (χ4n) is 2.93. The van der Waals surface area contributed by atoms with Crippen LogP contribution in [0.4, 0.5) is 17.6 Å². The summed E-state index contributed by atoms with van der Waals surface area (Å²) in [6.07, 6.45) is -4.80. The number of hydrogen-bond acceptors (Lipinski definition) is 2. The molecule has 0 spiro atoms. The first-order valence-corrected chi connectivity index (χ1v) is 7.67. The molecule has 0 radical (unpaired) electrons. The number of nitrogens with one attached hydrogen (secondary N) is 1. The second kappa shape index (κ2) is 5.63. The minimum atomic E-state index is -4.51. The van der Waals surface area contributed by atoms with Crippen LogP contribution in [0.3, 0.4) is 0 Å². The van der Waals surface area contributed by atoms with E-state index < -0.39 is 23.3 Å². The molecule has 2 aliphatic rings. The number of alkyl halides is 3. The van der Waals surface area contributed by atoms with E-state index in [2.05, 4.69) is 5.32 Å². The normalized spacial score (nSPS) is 23.7. The summed E-state index contributed by atoms with van der Waals surface area (Å²) in [7, 11) is 0. The van der Waals surface area contributed by atoms with Gasteiger partial charge in [-0.1, -0.05) is 17.7 Å². The van der Waals surface area contributed by atoms with Crippen molar-refractivity contribution >= 4 is 17.5 Å². The van der Waals surface area contributed by atoms with Crippen LogP contribution < -0.4 is 5.32 Å². The van der Waals surface area contributed by atoms with Crippen molar-refractivity contribution in [3.05, 3.63) is 34.6 Å². The van der Waals surface area contributed by atoms with Gasteiger partial charge in [-0.3, -0.25) is 4.79 Å². The van der Waals surface area contributed by atoms with Gasteiger partial charge >= 0.3 is 6.18 Å². The Hall–Kier alpha value is -1.34. The Bertz CT molecular complexity index is 630. The lowest BCUT2D eigenvalue weighted by Crippen LogP contribution is -2.52. The average Bonchev–Trinajstić information content (AvgIpc) is 3.31. The van der Waals surface area contributed by atoms with Gasteiger partial charge in [-0.05, 0) is 30.5 Å². The standard InChI is InChI=1S/C15H15ClF4N2O/c16-10-7-9(1-2-11(10)17)12-8-22(6-5-21-12)13(23)14(3-4-14)15(18,19)20/h1-2,7,12,21H,3-6,8H2/t12-/m0/s1. The average molecular weight is 351 g/mol. The molecule has 3 nitrogen and oxygen atoms in total. The minimum Gasteiger partial charge on any atom is -0.339 e. The number of hydrogen-bond donors (Lipinski definition) is 1. The molecule has 1 aromatic carbocycles. The number of carbonyl (C=O) groups excluding carboxylic acids is 1. The summed E-state index contributed by atoms with van der Waals surface area (Å²) >= 11 is 5.74. The SMILES string of the molecule is O=C(N1CCN[C@H](c2ccc(F)c(Cl)c2)C1)C1(C(F)(F)F)CC1. The molecular weight excluding hydrogens is 336 g/mol. The van der Waals surface area contributed by atoms with Crippen molar-refractivity contribution < 1.29 is 22.4 Å². The maximum Gasteiger partial charge on any atom is 0.403 e. The minimum absolute atomic E-state index is 0.0540. The van der Waals surface area contributed by atoms with Crippen LogP contribution in [0.1, 0.15) is 24.4 Å². The zero-order valence-electron chi connectivity index (χ0n) is 12.1. The Morgan fingerprint density at radius 3 is 2.61 bits per heavy atom. The highest BCUT2D eigenvalue weighted by atomic mass is 35.5. The van der Waals surface area contributed by atoms with E-state index in [-0.39, 0.29) is 37.0 Å². The molecule has 1 saturated heterocycles. The Kier molecular flexibility index (Phi) is 4.04. The first-order valence-electron chi connectivity index (χ1n) is 7.29. The van der Waals surface area contributed by atoms with Crippen LogP contribution >= 0.6 is 11.6 Å². The molecule has 3 rings (SSSR count). The Morgan fingerprint density at radius 2 is 2.04 bits per heavy atom. The van der Waals surface area contributed by atoms with Gasteiger partial charge in [0.25, 0.3) is 0 Å². The van der Waals surface area contributed by atoms with Gasteiger partial charge in [-0.15, -0.1) is 0 Å². The van der Waals surface area contributed by atoms with E-state index in [4.69, 9.17) is 11.6 Å². The van der Waals surface area contributed by atoms with Gasteiger partial charge in [-0.2, -0.15) is 13.2 Å². The van der Waals surface area contributed by atoms with Crippen LogP contribution in [-0.4, -0.2) is 36.6 Å². The molecular formula is C15H15ClF4N2O. The highest BCUT2D eigenvalue weighted by Crippen LogP contribution is 2.58. The summed E-state index contributed by atoms with van der Waals surface area (Å²) in [4.78, 5) is 13.6. The fraction of sp³-hybridized carbons (Fsp3) is 0.533. The van der Waals surface area contributed by atoms with E-state index in [1.165, 1.54) is 23.1 Å². The van der Waals surface area contributed by atoms with Gasteiger partial charge in [0.05, 0.1) is 5.02 Å². The van der Waals surface area contributed by atoms with Crippen LogP contribution in [-0.2, 0) is 4.79 Å². The Morgan fingerprint density at radius 1 is 1.35 bits per heavy atom. The van der Waals surface area contributed by atoms with E-state index >= 15 is 0 Å². The second-order valence-corrected chi connectivity index (χ2v) is 6.42. The van der Waals surface area contributed by atoms with Crippen molar-refractivity contribution in [3.8, 4) is 0 Å². The predicted molar refractivity (Wildman–Crippen MR) is 76.5 cm³/mol. The second-order valence-electron chi connectivity index (χ2n) is 6.01. The molecule has 23 heavy (non-hydrogen) atoms. The van der Waals surface area contributed by atoms with Gasteiger partial charge in [0.2, 0.25) is 5.91 Å². The highest BCUT2D eigenvalue weighted by molar-refractivity contribution is 6.30. The first kappa shape index (κ1) is 16.5. The molecule has 1 atom stereocenters. The van der Waals surface area contributed by atoms with Crippen LogP contribution in [0.2, 0.25) is 5.02 Å². The van der Waals surface area contributed by atoms with Crippen molar-refractivity contribution in [1.29, 1.82) is 0 Å². The van der Waals surface area contributed by atoms with E-state index in [9.17, 15) is 22.4 Å². The van der Waals surface area contributed by atoms with Crippen molar-refractivity contribution in [3.63, 3.8) is 0 Å². The molecule has 0 unspecified atom stereocenters. The number of amides is 1. The fourth-order valence-corrected chi connectivity index (χ4v) is 3.12. The number of rotatable bonds is 2. The van der Waals surface area contributed by atoms with Gasteiger partial charge in [-0.25, -0.2) is 4.39 Å². The third-order valence-corrected chi connectivity index (χ3v) is 4.80. The Balaban J connectivity index is 1.76. The number of halogens is 5. The first-order chi connectivity index (χ1) is 10.7. The summed E-state index contributed by atoms with van der Waals surface area (Å²) in [6.45, 7) is 0.708. The van der Waals surface area contributed by atoms with E-state index in [1.807, 2.05) is 0 Å². The van der Waals surface area contributed by atoms with Gasteiger partial charge in [0.15, 0.2) is 0 Å². The molecule has 0 bridgehead atoms. The smallest absolute Gasteiger partial charge is 0.339 e. The van der Waals surface area contributed by atoms with Crippen molar-refractivity contribution in [2.45, 2.75) is 25.1 Å². The number of benzene rings is 1. The largest absolute Gasteiger partial charge is 0.403 e. The maximum atomic E-state index is 13.2. The molecule has 126 valence electrons. The topological polar surface area (TPSA) is 32.3 Å². The van der Waals surface area contributed by atoms with Crippen LogP contribution in [0.5, 0.6) is 0 Å². The molecule has 8 heteroatoms. The predicted octanol–water partition coefficient (Wildman–Crippen LogP) is 3.29. The van der Waals surface area contributed by atoms with Crippen molar-refractivity contribution in [2.24, 2.45) is 5.41 Å². The molecule has 1 heterocycles. The lowest BCUT2D eigenvalue weighted by molar-refractivity contribution is -0.199. The molecule has 1 aromatic rings. The zero-order chi connectivity index (χ0) is 16.8. The van der Waals surface area contributed by atoms with Gasteiger partial charge in [0, 0.05) is 25.7 Å². The van der Waals surface area contributed by atoms with Crippen molar-refractivity contribution in [1.82, 2.24) is 10.2 Å². The van der Waals surface area contributed by atoms with Gasteiger partial charge in [0.1, 0.15) is 11.2 Å². The number of piperazine rings is 1.